The van der Waals surface area contributed by atoms with Crippen LogP contribution in [0.4, 0.5) is 24.9 Å². The summed E-state index contributed by atoms with van der Waals surface area (Å²) in [6.07, 6.45) is 3.20. The van der Waals surface area contributed by atoms with E-state index in [-0.39, 0.29) is 54.9 Å². The number of rotatable bonds is 7. The Morgan fingerprint density at radius 3 is 2.58 bits per heavy atom. The lowest BCUT2D eigenvalue weighted by atomic mass is 9.88. The fraction of sp³-hybridized carbons (Fsp3) is 0.439. The van der Waals surface area contributed by atoms with Gasteiger partial charge in [0.25, 0.3) is 0 Å². The van der Waals surface area contributed by atoms with Crippen molar-refractivity contribution in [1.29, 1.82) is 0 Å². The summed E-state index contributed by atoms with van der Waals surface area (Å²) in [5, 5.41) is 16.0. The Labute approximate surface area is 342 Å². The molecule has 8 heterocycles. The predicted molar refractivity (Wildman–Crippen MR) is 214 cm³/mol. The Morgan fingerprint density at radius 2 is 1.80 bits per heavy atom. The van der Waals surface area contributed by atoms with E-state index in [2.05, 4.69) is 24.9 Å². The van der Waals surface area contributed by atoms with E-state index in [1.807, 2.05) is 23.3 Å². The van der Waals surface area contributed by atoms with Crippen LogP contribution in [0.25, 0.3) is 39.0 Å². The van der Waals surface area contributed by atoms with Crippen LogP contribution in [-0.2, 0) is 16.1 Å². The second kappa shape index (κ2) is 14.9. The number of fused-ring (bicyclic) bond motifs is 8. The number of hydrogen-bond donors (Lipinski definition) is 1. The molecule has 4 aliphatic heterocycles. The number of phenols is 1. The van der Waals surface area contributed by atoms with Crippen LogP contribution in [-0.4, -0.2) is 143 Å². The van der Waals surface area contributed by atoms with Gasteiger partial charge in [0.05, 0.1) is 47.5 Å². The van der Waals surface area contributed by atoms with Gasteiger partial charge in [-0.15, -0.1) is 0 Å². The summed E-state index contributed by atoms with van der Waals surface area (Å²) >= 11 is 0. The van der Waals surface area contributed by atoms with Crippen LogP contribution in [0, 0.1) is 18.6 Å². The first-order valence-corrected chi connectivity index (χ1v) is 20.2. The molecule has 0 saturated carbocycles. The second-order valence-corrected chi connectivity index (χ2v) is 15.9. The molecule has 10 rings (SSSR count). The lowest BCUT2D eigenvalue weighted by molar-refractivity contribution is -0.133. The van der Waals surface area contributed by atoms with Crippen molar-refractivity contribution in [1.82, 2.24) is 49.1 Å². The molecule has 2 unspecified atom stereocenters. The first-order valence-electron chi connectivity index (χ1n) is 20.2. The number of alkyl halides is 1. The van der Waals surface area contributed by atoms with Gasteiger partial charge in [-0.25, -0.2) is 27.8 Å². The van der Waals surface area contributed by atoms with Crippen LogP contribution in [0.15, 0.2) is 48.8 Å². The van der Waals surface area contributed by atoms with Crippen LogP contribution < -0.4 is 14.5 Å². The van der Waals surface area contributed by atoms with Crippen molar-refractivity contribution in [2.75, 3.05) is 62.9 Å². The molecule has 60 heavy (non-hydrogen) atoms. The molecule has 0 radical (unpaired) electrons. The van der Waals surface area contributed by atoms with Gasteiger partial charge in [-0.3, -0.25) is 9.69 Å². The van der Waals surface area contributed by atoms with Gasteiger partial charge in [-0.2, -0.15) is 20.1 Å². The Kier molecular flexibility index (Phi) is 9.46. The van der Waals surface area contributed by atoms with Crippen molar-refractivity contribution in [3.05, 3.63) is 66.3 Å². The highest BCUT2D eigenvalue weighted by Crippen LogP contribution is 2.41. The van der Waals surface area contributed by atoms with Crippen molar-refractivity contribution in [3.8, 4) is 28.7 Å². The summed E-state index contributed by atoms with van der Waals surface area (Å²) in [6, 6.07) is 7.53. The molecule has 19 heteroatoms. The molecule has 3 saturated heterocycles. The number of carbonyl (C=O) groups excluding carboxylic acids is 1. The molecule has 4 aromatic heterocycles. The Hall–Kier alpha value is -6.08. The molecule has 0 aliphatic carbocycles. The number of likely N-dealkylation sites (N-methyl/N-ethyl adjacent to an activating group) is 1. The summed E-state index contributed by atoms with van der Waals surface area (Å²) < 4.78 is 58.9. The third-order valence-corrected chi connectivity index (χ3v) is 12.1. The maximum atomic E-state index is 15.2. The highest BCUT2D eigenvalue weighted by Gasteiger charge is 2.47. The molecule has 6 bridgehead atoms. The van der Waals surface area contributed by atoms with Crippen molar-refractivity contribution in [3.63, 3.8) is 0 Å². The van der Waals surface area contributed by atoms with E-state index in [1.165, 1.54) is 28.9 Å². The van der Waals surface area contributed by atoms with Crippen LogP contribution in [0.2, 0.25) is 0 Å². The number of carbonyl (C=O) groups is 1. The Bertz CT molecular complexity index is 2630. The van der Waals surface area contributed by atoms with E-state index in [0.29, 0.717) is 83.7 Å². The minimum absolute atomic E-state index is 0.0341. The number of phenolic OH excluding ortho intramolecular Hbond substituents is 1. The van der Waals surface area contributed by atoms with Crippen molar-refractivity contribution < 1.29 is 32.5 Å². The van der Waals surface area contributed by atoms with E-state index in [4.69, 9.17) is 24.4 Å². The summed E-state index contributed by atoms with van der Waals surface area (Å²) in [5.74, 6) is -0.141. The average Bonchev–Trinajstić information content (AvgIpc) is 3.92. The van der Waals surface area contributed by atoms with Gasteiger partial charge in [0.2, 0.25) is 11.9 Å². The fourth-order valence-corrected chi connectivity index (χ4v) is 9.46. The van der Waals surface area contributed by atoms with Gasteiger partial charge >= 0.3 is 6.01 Å². The number of hydrogen-bond acceptors (Lipinski definition) is 13. The zero-order valence-corrected chi connectivity index (χ0v) is 33.2. The van der Waals surface area contributed by atoms with Crippen LogP contribution in [0.3, 0.4) is 0 Å². The van der Waals surface area contributed by atoms with Crippen molar-refractivity contribution in [2.24, 2.45) is 0 Å². The number of imidazole rings is 1. The van der Waals surface area contributed by atoms with Gasteiger partial charge in [-0.05, 0) is 44.5 Å². The van der Waals surface area contributed by atoms with Gasteiger partial charge in [0.15, 0.2) is 5.65 Å². The highest BCUT2D eigenvalue weighted by molar-refractivity contribution is 5.94. The van der Waals surface area contributed by atoms with Gasteiger partial charge in [-0.1, -0.05) is 0 Å². The predicted octanol–water partition coefficient (Wildman–Crippen LogP) is 4.05. The number of aromatic hydroxyl groups is 1. The van der Waals surface area contributed by atoms with E-state index in [1.54, 1.807) is 30.4 Å². The van der Waals surface area contributed by atoms with Crippen molar-refractivity contribution in [2.45, 2.75) is 63.6 Å². The number of amides is 1. The topological polar surface area (TPSA) is 156 Å². The lowest BCUT2D eigenvalue weighted by Crippen LogP contribution is -2.69. The molecule has 4 aliphatic rings. The fourth-order valence-electron chi connectivity index (χ4n) is 9.46. The molecule has 312 valence electrons. The molecule has 16 nitrogen and oxygen atoms in total. The summed E-state index contributed by atoms with van der Waals surface area (Å²) in [6.45, 7) is 6.07. The summed E-state index contributed by atoms with van der Waals surface area (Å²) in [5.41, 5.74) is 2.66. The minimum atomic E-state index is -0.784. The van der Waals surface area contributed by atoms with Crippen LogP contribution >= 0.6 is 0 Å². The molecule has 5 atom stereocenters. The molecule has 1 amide bonds. The number of aromatic nitrogens is 8. The first-order chi connectivity index (χ1) is 29.1. The van der Waals surface area contributed by atoms with E-state index >= 15 is 4.39 Å². The normalized spacial score (nSPS) is 23.2. The molecule has 3 fully saturated rings. The minimum Gasteiger partial charge on any atom is -0.506 e. The summed E-state index contributed by atoms with van der Waals surface area (Å²) in [7, 11) is 1.74. The molecular formula is C41H43F3N12O4. The largest absolute Gasteiger partial charge is 0.506 e. The standard InChI is InChI=1S/C41H43F3N12O4/c1-4-59-28-19-51(3)39(58)34-15-27(60-41-45-9-7-31(48-41)29-11-24(44)12-32-36(29)53(21-28)22(2)47-32)20-54(34)37-30-16-46-56(33-6-5-23(43)13-35(33)57)38(30)50-40(49-37)55-25-14-26(55)18-52(17-25)10-8-42/h5-7,9,11-13,16,25-28,34,57H,4,8,10,14-15,17-21H2,1-3H3/t25?,26?,27-,28-,34-/m0/s1. The number of halogens is 3. The third-order valence-electron chi connectivity index (χ3n) is 12.1. The van der Waals surface area contributed by atoms with E-state index in [0.717, 1.165) is 12.5 Å². The third kappa shape index (κ3) is 6.50. The van der Waals surface area contributed by atoms with E-state index < -0.39 is 36.6 Å². The smallest absolute Gasteiger partial charge is 0.317 e. The summed E-state index contributed by atoms with van der Waals surface area (Å²) in [4.78, 5) is 46.7. The maximum absolute atomic E-state index is 15.2. The zero-order chi connectivity index (χ0) is 41.4. The molecular weight excluding hydrogens is 782 g/mol. The SMILES string of the molecule is CCO[C@H]1CN(C)C(=O)[C@@H]2C[C@@H](CN2c2nc(N3C4CC3CN(CCF)C4)nc3c2cnn3-c2ccc(F)cc2O)Oc2nccc(n2)-c2cc(F)cc3nc(C)n(c23)C1. The Morgan fingerprint density at radius 1 is 0.967 bits per heavy atom. The number of ether oxygens (including phenoxy) is 2. The van der Waals surface area contributed by atoms with Gasteiger partial charge < -0.3 is 33.8 Å². The van der Waals surface area contributed by atoms with Crippen LogP contribution in [0.5, 0.6) is 11.8 Å². The zero-order valence-electron chi connectivity index (χ0n) is 33.2. The lowest BCUT2D eigenvalue weighted by Gasteiger charge is -2.56. The number of nitrogens with zero attached hydrogens (tertiary/aromatic N) is 12. The van der Waals surface area contributed by atoms with Crippen molar-refractivity contribution >= 4 is 39.7 Å². The number of likely N-dealkylation sites (tertiary alicyclic amines) is 1. The average molecular weight is 825 g/mol. The number of piperazine rings is 1. The van der Waals surface area contributed by atoms with E-state index in [9.17, 15) is 18.7 Å². The maximum Gasteiger partial charge on any atom is 0.317 e. The highest BCUT2D eigenvalue weighted by atomic mass is 19.1. The quantitative estimate of drug-likeness (QED) is 0.247. The number of aryl methyl sites for hydroxylation is 1. The van der Waals surface area contributed by atoms with Gasteiger partial charge in [0, 0.05) is 82.2 Å². The van der Waals surface area contributed by atoms with Crippen LogP contribution in [0.1, 0.15) is 25.6 Å². The monoisotopic (exact) mass is 824 g/mol. The molecule has 0 spiro atoms. The molecule has 6 aromatic rings. The Balaban J connectivity index is 1.09. The molecule has 1 N–H and O–H groups in total. The number of anilines is 2. The van der Waals surface area contributed by atoms with Gasteiger partial charge in [0.1, 0.15) is 53.5 Å². The number of benzene rings is 2. The second-order valence-electron chi connectivity index (χ2n) is 15.9. The molecule has 2 aromatic carbocycles. The number of piperidine rings is 1. The first kappa shape index (κ1) is 38.1.